The Kier molecular flexibility index (Phi) is 4.41. The highest BCUT2D eigenvalue weighted by Crippen LogP contribution is 2.11. The summed E-state index contributed by atoms with van der Waals surface area (Å²) in [5.41, 5.74) is -0.122. The van der Waals surface area contributed by atoms with Crippen LogP contribution in [0.3, 0.4) is 0 Å². The standard InChI is InChI=1S/C10H13N3O5/c1-6(10(15)16)2-3-11-9(14)8-4-7(5-12-8)13(17)18/h4-6,12H,2-3H2,1H3,(H,11,14)(H,15,16). The Hall–Kier alpha value is -2.38. The average Bonchev–Trinajstić information content (AvgIpc) is 2.77. The van der Waals surface area contributed by atoms with Crippen molar-refractivity contribution in [2.45, 2.75) is 13.3 Å². The minimum atomic E-state index is -0.931. The second kappa shape index (κ2) is 5.80. The minimum Gasteiger partial charge on any atom is -0.481 e. The summed E-state index contributed by atoms with van der Waals surface area (Å²) in [5, 5.41) is 21.5. The Morgan fingerprint density at radius 1 is 1.61 bits per heavy atom. The number of carbonyl (C=O) groups is 2. The van der Waals surface area contributed by atoms with Crippen LogP contribution in [0.15, 0.2) is 12.3 Å². The fraction of sp³-hybridized carbons (Fsp3) is 0.400. The molecule has 1 amide bonds. The van der Waals surface area contributed by atoms with Crippen LogP contribution in [0.4, 0.5) is 5.69 Å². The molecule has 0 aliphatic rings. The maximum Gasteiger partial charge on any atom is 0.306 e. The van der Waals surface area contributed by atoms with Crippen molar-refractivity contribution >= 4 is 17.6 Å². The molecule has 0 saturated carbocycles. The van der Waals surface area contributed by atoms with Gasteiger partial charge in [0.05, 0.1) is 17.0 Å². The SMILES string of the molecule is CC(CCNC(=O)c1cc([N+](=O)[O-])c[nH]1)C(=O)O. The molecule has 1 atom stereocenters. The molecule has 1 aromatic heterocycles. The van der Waals surface area contributed by atoms with Crippen LogP contribution in [0.1, 0.15) is 23.8 Å². The van der Waals surface area contributed by atoms with Gasteiger partial charge < -0.3 is 15.4 Å². The molecule has 1 unspecified atom stereocenters. The number of nitrogens with one attached hydrogen (secondary N) is 2. The van der Waals surface area contributed by atoms with Crippen LogP contribution in [0, 0.1) is 16.0 Å². The molecule has 0 bridgehead atoms. The molecule has 0 fully saturated rings. The Morgan fingerprint density at radius 2 is 2.28 bits per heavy atom. The Balaban J connectivity index is 2.45. The van der Waals surface area contributed by atoms with Gasteiger partial charge in [0.2, 0.25) is 0 Å². The van der Waals surface area contributed by atoms with Gasteiger partial charge >= 0.3 is 5.97 Å². The van der Waals surface area contributed by atoms with Crippen LogP contribution < -0.4 is 5.32 Å². The number of aromatic amines is 1. The highest BCUT2D eigenvalue weighted by molar-refractivity contribution is 5.93. The van der Waals surface area contributed by atoms with E-state index in [9.17, 15) is 19.7 Å². The first kappa shape index (κ1) is 13.7. The van der Waals surface area contributed by atoms with Gasteiger partial charge in [0.15, 0.2) is 0 Å². The number of hydrogen-bond donors (Lipinski definition) is 3. The first-order valence-corrected chi connectivity index (χ1v) is 5.25. The number of aliphatic carboxylic acids is 1. The number of carbonyl (C=O) groups excluding carboxylic acids is 1. The number of carboxylic acid groups (broad SMARTS) is 1. The fourth-order valence-electron chi connectivity index (χ4n) is 1.24. The zero-order valence-electron chi connectivity index (χ0n) is 9.67. The van der Waals surface area contributed by atoms with E-state index in [-0.39, 0.29) is 17.9 Å². The van der Waals surface area contributed by atoms with E-state index < -0.39 is 22.7 Å². The summed E-state index contributed by atoms with van der Waals surface area (Å²) in [7, 11) is 0. The number of rotatable bonds is 6. The Bertz CT molecular complexity index is 468. The van der Waals surface area contributed by atoms with Crippen molar-refractivity contribution in [3.8, 4) is 0 Å². The van der Waals surface area contributed by atoms with Crippen molar-refractivity contribution < 1.29 is 19.6 Å². The lowest BCUT2D eigenvalue weighted by Gasteiger charge is -2.06. The van der Waals surface area contributed by atoms with E-state index in [1.807, 2.05) is 0 Å². The normalized spacial score (nSPS) is 11.8. The molecule has 8 heteroatoms. The van der Waals surface area contributed by atoms with Gasteiger partial charge in [-0.05, 0) is 6.42 Å². The average molecular weight is 255 g/mol. The molecule has 0 saturated heterocycles. The minimum absolute atomic E-state index is 0.0738. The molecule has 18 heavy (non-hydrogen) atoms. The monoisotopic (exact) mass is 255 g/mol. The van der Waals surface area contributed by atoms with E-state index in [2.05, 4.69) is 10.3 Å². The smallest absolute Gasteiger partial charge is 0.306 e. The quantitative estimate of drug-likeness (QED) is 0.511. The third kappa shape index (κ3) is 3.58. The third-order valence-corrected chi connectivity index (χ3v) is 2.41. The van der Waals surface area contributed by atoms with Crippen molar-refractivity contribution in [2.24, 2.45) is 5.92 Å². The van der Waals surface area contributed by atoms with Gasteiger partial charge in [-0.3, -0.25) is 19.7 Å². The van der Waals surface area contributed by atoms with Gasteiger partial charge in [-0.2, -0.15) is 0 Å². The summed E-state index contributed by atoms with van der Waals surface area (Å²) < 4.78 is 0. The molecule has 1 heterocycles. The van der Waals surface area contributed by atoms with Crippen molar-refractivity contribution in [1.29, 1.82) is 0 Å². The molecule has 3 N–H and O–H groups in total. The predicted molar refractivity (Wildman–Crippen MR) is 61.2 cm³/mol. The second-order valence-corrected chi connectivity index (χ2v) is 3.81. The topological polar surface area (TPSA) is 125 Å². The van der Waals surface area contributed by atoms with Crippen molar-refractivity contribution in [3.63, 3.8) is 0 Å². The van der Waals surface area contributed by atoms with Crippen LogP contribution in [0.2, 0.25) is 0 Å². The van der Waals surface area contributed by atoms with Gasteiger partial charge in [0, 0.05) is 12.6 Å². The predicted octanol–water partition coefficient (Wildman–Crippen LogP) is 0.763. The van der Waals surface area contributed by atoms with E-state index in [1.54, 1.807) is 0 Å². The lowest BCUT2D eigenvalue weighted by Crippen LogP contribution is -2.27. The zero-order valence-corrected chi connectivity index (χ0v) is 9.67. The highest BCUT2D eigenvalue weighted by atomic mass is 16.6. The molecule has 98 valence electrons. The van der Waals surface area contributed by atoms with Gasteiger partial charge in [-0.1, -0.05) is 6.92 Å². The van der Waals surface area contributed by atoms with Crippen LogP contribution in [0.5, 0.6) is 0 Å². The number of nitrogens with zero attached hydrogens (tertiary/aromatic N) is 1. The summed E-state index contributed by atoms with van der Waals surface area (Å²) in [4.78, 5) is 34.3. The summed E-state index contributed by atoms with van der Waals surface area (Å²) in [6.07, 6.45) is 1.42. The van der Waals surface area contributed by atoms with E-state index in [1.165, 1.54) is 6.92 Å². The largest absolute Gasteiger partial charge is 0.481 e. The van der Waals surface area contributed by atoms with Crippen LogP contribution in [0.25, 0.3) is 0 Å². The first-order valence-electron chi connectivity index (χ1n) is 5.25. The van der Waals surface area contributed by atoms with Crippen molar-refractivity contribution in [3.05, 3.63) is 28.1 Å². The fourth-order valence-corrected chi connectivity index (χ4v) is 1.24. The number of nitro groups is 1. The summed E-state index contributed by atoms with van der Waals surface area (Å²) in [5.74, 6) is -1.98. The molecular weight excluding hydrogens is 242 g/mol. The third-order valence-electron chi connectivity index (χ3n) is 2.41. The number of H-pyrrole nitrogens is 1. The zero-order chi connectivity index (χ0) is 13.7. The first-order chi connectivity index (χ1) is 8.41. The van der Waals surface area contributed by atoms with Gasteiger partial charge in [0.1, 0.15) is 5.69 Å². The maximum atomic E-state index is 11.5. The van der Waals surface area contributed by atoms with Crippen LogP contribution in [-0.4, -0.2) is 33.4 Å². The summed E-state index contributed by atoms with van der Waals surface area (Å²) >= 11 is 0. The second-order valence-electron chi connectivity index (χ2n) is 3.81. The molecule has 0 radical (unpaired) electrons. The summed E-state index contributed by atoms with van der Waals surface area (Å²) in [6.45, 7) is 1.73. The molecule has 0 aliphatic heterocycles. The lowest BCUT2D eigenvalue weighted by atomic mass is 10.1. The lowest BCUT2D eigenvalue weighted by molar-refractivity contribution is -0.384. The van der Waals surface area contributed by atoms with Crippen molar-refractivity contribution in [1.82, 2.24) is 10.3 Å². The summed E-state index contributed by atoms with van der Waals surface area (Å²) in [6, 6.07) is 1.12. The van der Waals surface area contributed by atoms with E-state index in [0.29, 0.717) is 6.42 Å². The molecular formula is C10H13N3O5. The molecule has 0 aromatic carbocycles. The van der Waals surface area contributed by atoms with E-state index in [4.69, 9.17) is 5.11 Å². The Labute approximate surface area is 102 Å². The van der Waals surface area contributed by atoms with Crippen molar-refractivity contribution in [2.75, 3.05) is 6.54 Å². The maximum absolute atomic E-state index is 11.5. The van der Waals surface area contributed by atoms with E-state index in [0.717, 1.165) is 12.3 Å². The van der Waals surface area contributed by atoms with E-state index >= 15 is 0 Å². The molecule has 1 aromatic rings. The molecule has 8 nitrogen and oxygen atoms in total. The number of aromatic nitrogens is 1. The van der Waals surface area contributed by atoms with Gasteiger partial charge in [0.25, 0.3) is 11.6 Å². The highest BCUT2D eigenvalue weighted by Gasteiger charge is 2.15. The van der Waals surface area contributed by atoms with Gasteiger partial charge in [-0.15, -0.1) is 0 Å². The number of hydrogen-bond acceptors (Lipinski definition) is 4. The Morgan fingerprint density at radius 3 is 2.78 bits per heavy atom. The van der Waals surface area contributed by atoms with Gasteiger partial charge in [-0.25, -0.2) is 0 Å². The van der Waals surface area contributed by atoms with Crippen LogP contribution >= 0.6 is 0 Å². The number of carboxylic acids is 1. The van der Waals surface area contributed by atoms with Crippen LogP contribution in [-0.2, 0) is 4.79 Å². The molecule has 0 aliphatic carbocycles. The number of amides is 1. The molecule has 1 rings (SSSR count). The molecule has 0 spiro atoms.